The van der Waals surface area contributed by atoms with E-state index in [0.29, 0.717) is 13.1 Å². The third-order valence-corrected chi connectivity index (χ3v) is 3.92. The van der Waals surface area contributed by atoms with Gasteiger partial charge in [-0.2, -0.15) is 0 Å². The molecule has 1 aliphatic carbocycles. The predicted octanol–water partition coefficient (Wildman–Crippen LogP) is 2.62. The molecule has 1 atom stereocenters. The molecule has 5 heteroatoms. The summed E-state index contributed by atoms with van der Waals surface area (Å²) in [7, 11) is 0. The topological polar surface area (TPSA) is 52.6 Å². The predicted molar refractivity (Wildman–Crippen MR) is 79.6 cm³/mol. The van der Waals surface area contributed by atoms with Gasteiger partial charge in [0.2, 0.25) is 0 Å². The number of hydrogen-bond donors (Lipinski definition) is 2. The number of benzene rings is 1. The Hall–Kier alpha value is -1.62. The van der Waals surface area contributed by atoms with Gasteiger partial charge in [-0.05, 0) is 42.5 Å². The second-order valence-electron chi connectivity index (χ2n) is 5.45. The Morgan fingerprint density at radius 1 is 1.48 bits per heavy atom. The average molecular weight is 294 g/mol. The van der Waals surface area contributed by atoms with Gasteiger partial charge in [0, 0.05) is 13.1 Å². The van der Waals surface area contributed by atoms with Crippen molar-refractivity contribution in [2.45, 2.75) is 38.6 Å². The summed E-state index contributed by atoms with van der Waals surface area (Å²) in [5.41, 5.74) is 1.98. The molecule has 1 unspecified atom stereocenters. The molecule has 2 rings (SSSR count). The van der Waals surface area contributed by atoms with Crippen LogP contribution in [0.15, 0.2) is 18.2 Å². The SMILES string of the molecule is CCCCN(CCO)C(=O)NC1CCc2ccc(F)cc21. The third kappa shape index (κ3) is 3.94. The van der Waals surface area contributed by atoms with Crippen molar-refractivity contribution in [1.29, 1.82) is 0 Å². The second-order valence-corrected chi connectivity index (χ2v) is 5.45. The van der Waals surface area contributed by atoms with Gasteiger partial charge in [0.1, 0.15) is 5.82 Å². The number of amides is 2. The van der Waals surface area contributed by atoms with Crippen molar-refractivity contribution in [1.82, 2.24) is 10.2 Å². The first-order valence-electron chi connectivity index (χ1n) is 7.60. The van der Waals surface area contributed by atoms with Crippen LogP contribution in [0.5, 0.6) is 0 Å². The number of nitrogens with zero attached hydrogens (tertiary/aromatic N) is 1. The maximum Gasteiger partial charge on any atom is 0.317 e. The van der Waals surface area contributed by atoms with Crippen LogP contribution in [0.1, 0.15) is 43.4 Å². The number of halogens is 1. The highest BCUT2D eigenvalue weighted by Gasteiger charge is 2.26. The van der Waals surface area contributed by atoms with Gasteiger partial charge >= 0.3 is 6.03 Å². The third-order valence-electron chi connectivity index (χ3n) is 3.92. The molecular weight excluding hydrogens is 271 g/mol. The molecule has 1 aromatic rings. The first-order chi connectivity index (χ1) is 10.2. The van der Waals surface area contributed by atoms with E-state index >= 15 is 0 Å². The Balaban J connectivity index is 2.01. The first-order valence-corrected chi connectivity index (χ1v) is 7.60. The molecule has 0 spiro atoms. The minimum Gasteiger partial charge on any atom is -0.395 e. The van der Waals surface area contributed by atoms with Gasteiger partial charge in [-0.1, -0.05) is 19.4 Å². The molecule has 21 heavy (non-hydrogen) atoms. The van der Waals surface area contributed by atoms with Gasteiger partial charge in [0.25, 0.3) is 0 Å². The minimum absolute atomic E-state index is 0.0486. The number of nitrogens with one attached hydrogen (secondary N) is 1. The molecule has 1 aromatic carbocycles. The van der Waals surface area contributed by atoms with E-state index in [1.807, 2.05) is 0 Å². The van der Waals surface area contributed by atoms with Crippen molar-refractivity contribution < 1.29 is 14.3 Å². The summed E-state index contributed by atoms with van der Waals surface area (Å²) < 4.78 is 13.4. The number of fused-ring (bicyclic) bond motifs is 1. The minimum atomic E-state index is -0.270. The van der Waals surface area contributed by atoms with Crippen LogP contribution in [-0.4, -0.2) is 35.7 Å². The Labute approximate surface area is 125 Å². The lowest BCUT2D eigenvalue weighted by molar-refractivity contribution is 0.173. The fourth-order valence-corrected chi connectivity index (χ4v) is 2.75. The smallest absolute Gasteiger partial charge is 0.317 e. The number of carbonyl (C=O) groups excluding carboxylic acids is 1. The largest absolute Gasteiger partial charge is 0.395 e. The molecule has 0 saturated heterocycles. The van der Waals surface area contributed by atoms with Crippen molar-refractivity contribution in [3.63, 3.8) is 0 Å². The standard InChI is InChI=1S/C16H23FN2O2/c1-2-3-8-19(9-10-20)16(21)18-15-7-5-12-4-6-13(17)11-14(12)15/h4,6,11,15,20H,2-3,5,7-10H2,1H3,(H,18,21). The van der Waals surface area contributed by atoms with Crippen molar-refractivity contribution in [2.75, 3.05) is 19.7 Å². The summed E-state index contributed by atoms with van der Waals surface area (Å²) in [4.78, 5) is 13.9. The molecule has 0 bridgehead atoms. The van der Waals surface area contributed by atoms with Crippen LogP contribution >= 0.6 is 0 Å². The Kier molecular flexibility index (Phi) is 5.56. The van der Waals surface area contributed by atoms with Crippen molar-refractivity contribution in [3.05, 3.63) is 35.1 Å². The molecule has 116 valence electrons. The van der Waals surface area contributed by atoms with Crippen LogP contribution in [0, 0.1) is 5.82 Å². The van der Waals surface area contributed by atoms with Gasteiger partial charge in [-0.25, -0.2) is 9.18 Å². The van der Waals surface area contributed by atoms with E-state index in [-0.39, 0.29) is 24.5 Å². The lowest BCUT2D eigenvalue weighted by Crippen LogP contribution is -2.43. The maximum atomic E-state index is 13.4. The molecule has 1 aliphatic rings. The molecule has 0 saturated carbocycles. The second kappa shape index (κ2) is 7.41. The normalized spacial score (nSPS) is 16.6. The molecule has 2 amide bonds. The molecule has 0 radical (unpaired) electrons. The van der Waals surface area contributed by atoms with E-state index in [9.17, 15) is 9.18 Å². The number of aliphatic hydroxyl groups is 1. The van der Waals surface area contributed by atoms with Gasteiger partial charge in [0.05, 0.1) is 12.6 Å². The number of aliphatic hydroxyl groups excluding tert-OH is 1. The van der Waals surface area contributed by atoms with E-state index in [1.54, 1.807) is 11.0 Å². The lowest BCUT2D eigenvalue weighted by Gasteiger charge is -2.24. The summed E-state index contributed by atoms with van der Waals surface area (Å²) in [6.07, 6.45) is 3.55. The van der Waals surface area contributed by atoms with Gasteiger partial charge in [0.15, 0.2) is 0 Å². The summed E-state index contributed by atoms with van der Waals surface area (Å²) >= 11 is 0. The lowest BCUT2D eigenvalue weighted by atomic mass is 10.1. The molecule has 2 N–H and O–H groups in total. The first kappa shape index (κ1) is 15.8. The van der Waals surface area contributed by atoms with Gasteiger partial charge in [-0.3, -0.25) is 0 Å². The number of hydrogen-bond acceptors (Lipinski definition) is 2. The molecule has 0 aromatic heterocycles. The van der Waals surface area contributed by atoms with E-state index in [4.69, 9.17) is 5.11 Å². The van der Waals surface area contributed by atoms with Crippen LogP contribution in [0.3, 0.4) is 0 Å². The summed E-state index contributed by atoms with van der Waals surface area (Å²) in [6.45, 7) is 2.97. The van der Waals surface area contributed by atoms with Gasteiger partial charge < -0.3 is 15.3 Å². The van der Waals surface area contributed by atoms with Crippen LogP contribution < -0.4 is 5.32 Å². The van der Waals surface area contributed by atoms with Crippen molar-refractivity contribution >= 4 is 6.03 Å². The number of urea groups is 1. The van der Waals surface area contributed by atoms with E-state index in [0.717, 1.165) is 36.8 Å². The summed E-state index contributed by atoms with van der Waals surface area (Å²) in [5, 5.41) is 12.0. The van der Waals surface area contributed by atoms with E-state index in [1.165, 1.54) is 12.1 Å². The highest BCUT2D eigenvalue weighted by atomic mass is 19.1. The molecule has 4 nitrogen and oxygen atoms in total. The highest BCUT2D eigenvalue weighted by Crippen LogP contribution is 2.31. The average Bonchev–Trinajstić information content (AvgIpc) is 2.85. The molecular formula is C16H23FN2O2. The Morgan fingerprint density at radius 2 is 2.29 bits per heavy atom. The fraction of sp³-hybridized carbons (Fsp3) is 0.562. The van der Waals surface area contributed by atoms with Crippen LogP contribution in [0.2, 0.25) is 0 Å². The van der Waals surface area contributed by atoms with Crippen LogP contribution in [-0.2, 0) is 6.42 Å². The number of carbonyl (C=O) groups is 1. The highest BCUT2D eigenvalue weighted by molar-refractivity contribution is 5.75. The monoisotopic (exact) mass is 294 g/mol. The quantitative estimate of drug-likeness (QED) is 0.847. The zero-order valence-corrected chi connectivity index (χ0v) is 12.4. The Morgan fingerprint density at radius 3 is 3.00 bits per heavy atom. The zero-order chi connectivity index (χ0) is 15.2. The van der Waals surface area contributed by atoms with E-state index in [2.05, 4.69) is 12.2 Å². The summed E-state index contributed by atoms with van der Waals surface area (Å²) in [5.74, 6) is -0.270. The summed E-state index contributed by atoms with van der Waals surface area (Å²) in [6, 6.07) is 4.45. The van der Waals surface area contributed by atoms with E-state index < -0.39 is 0 Å². The Bertz CT molecular complexity index is 493. The number of unbranched alkanes of at least 4 members (excludes halogenated alkanes) is 1. The number of aryl methyl sites for hydroxylation is 1. The maximum absolute atomic E-state index is 13.4. The van der Waals surface area contributed by atoms with Crippen LogP contribution in [0.4, 0.5) is 9.18 Å². The fourth-order valence-electron chi connectivity index (χ4n) is 2.75. The molecule has 0 aliphatic heterocycles. The van der Waals surface area contributed by atoms with Gasteiger partial charge in [-0.15, -0.1) is 0 Å². The van der Waals surface area contributed by atoms with Crippen molar-refractivity contribution in [3.8, 4) is 0 Å². The van der Waals surface area contributed by atoms with Crippen molar-refractivity contribution in [2.24, 2.45) is 0 Å². The van der Waals surface area contributed by atoms with Crippen LogP contribution in [0.25, 0.3) is 0 Å². The molecule has 0 fully saturated rings. The number of rotatable bonds is 6. The molecule has 0 heterocycles. The zero-order valence-electron chi connectivity index (χ0n) is 12.4.